The number of hydrogen-bond acceptors (Lipinski definition) is 5. The zero-order valence-electron chi connectivity index (χ0n) is 16.2. The average molecular weight is 417 g/mol. The lowest BCUT2D eigenvalue weighted by Crippen LogP contribution is -2.45. The summed E-state index contributed by atoms with van der Waals surface area (Å²) in [6.07, 6.45) is 0.804. The predicted molar refractivity (Wildman–Crippen MR) is 112 cm³/mol. The first-order valence-corrected chi connectivity index (χ1v) is 10.4. The highest BCUT2D eigenvalue weighted by Gasteiger charge is 2.37. The average Bonchev–Trinajstić information content (AvgIpc) is 2.91. The molecule has 0 saturated carbocycles. The highest BCUT2D eigenvalue weighted by atomic mass is 35.5. The van der Waals surface area contributed by atoms with E-state index in [0.717, 1.165) is 26.6 Å². The summed E-state index contributed by atoms with van der Waals surface area (Å²) < 4.78 is 6.50. The second kappa shape index (κ2) is 6.71. The minimum atomic E-state index is -0.659. The largest absolute Gasteiger partial charge is 0.443 e. The normalized spacial score (nSPS) is 17.7. The molecule has 2 aromatic heterocycles. The molecule has 0 fully saturated rings. The number of rotatable bonds is 0. The molecule has 1 aromatic carbocycles. The van der Waals surface area contributed by atoms with Crippen LogP contribution < -0.4 is 0 Å². The second-order valence-electron chi connectivity index (χ2n) is 8.09. The van der Waals surface area contributed by atoms with Crippen molar-refractivity contribution in [1.82, 2.24) is 9.88 Å². The number of aryl methyl sites for hydroxylation is 1. The van der Waals surface area contributed by atoms with Crippen molar-refractivity contribution in [3.63, 3.8) is 0 Å². The van der Waals surface area contributed by atoms with E-state index >= 15 is 0 Å². The fourth-order valence-electron chi connectivity index (χ4n) is 3.62. The van der Waals surface area contributed by atoms with Gasteiger partial charge in [-0.15, -0.1) is 11.3 Å². The van der Waals surface area contributed by atoms with Crippen molar-refractivity contribution in [2.75, 3.05) is 0 Å². The van der Waals surface area contributed by atoms with E-state index in [2.05, 4.69) is 4.98 Å². The van der Waals surface area contributed by atoms with E-state index in [-0.39, 0.29) is 11.9 Å². The van der Waals surface area contributed by atoms with E-state index in [9.17, 15) is 9.59 Å². The molecule has 5 nitrogen and oxygen atoms in total. The summed E-state index contributed by atoms with van der Waals surface area (Å²) in [7, 11) is 0. The Bertz CT molecular complexity index is 1120. The van der Waals surface area contributed by atoms with Crippen LogP contribution in [0.5, 0.6) is 0 Å². The van der Waals surface area contributed by atoms with Gasteiger partial charge in [0, 0.05) is 21.5 Å². The maximum absolute atomic E-state index is 13.3. The van der Waals surface area contributed by atoms with Crippen molar-refractivity contribution >= 4 is 55.9 Å². The fraction of sp³-hybridized carbons (Fsp3) is 0.381. The number of carbonyl (C=O) groups excluding carboxylic acids is 2. The van der Waals surface area contributed by atoms with Crippen LogP contribution in [0.1, 0.15) is 49.4 Å². The van der Waals surface area contributed by atoms with Crippen LogP contribution in [0.2, 0.25) is 5.15 Å². The van der Waals surface area contributed by atoms with Gasteiger partial charge in [0.25, 0.3) is 5.91 Å². The van der Waals surface area contributed by atoms with Crippen molar-refractivity contribution in [1.29, 1.82) is 0 Å². The number of carbonyl (C=O) groups is 2. The lowest BCUT2D eigenvalue weighted by atomic mass is 10.0. The lowest BCUT2D eigenvalue weighted by molar-refractivity contribution is 0.0180. The summed E-state index contributed by atoms with van der Waals surface area (Å²) in [5.74, 6) is -0.287. The molecule has 0 spiro atoms. The number of benzene rings is 1. The number of ether oxygens (including phenoxy) is 1. The van der Waals surface area contributed by atoms with E-state index in [0.29, 0.717) is 22.9 Å². The highest BCUT2D eigenvalue weighted by molar-refractivity contribution is 7.21. The maximum Gasteiger partial charge on any atom is 0.417 e. The van der Waals surface area contributed by atoms with Gasteiger partial charge in [0.15, 0.2) is 0 Å². The third kappa shape index (κ3) is 3.25. The molecule has 0 unspecified atom stereocenters. The number of amides is 2. The number of pyridine rings is 1. The number of nitrogens with zero attached hydrogens (tertiary/aromatic N) is 2. The van der Waals surface area contributed by atoms with E-state index in [1.807, 2.05) is 25.1 Å². The smallest absolute Gasteiger partial charge is 0.417 e. The summed E-state index contributed by atoms with van der Waals surface area (Å²) in [6, 6.07) is 7.36. The molecule has 1 aliphatic heterocycles. The quantitative estimate of drug-likeness (QED) is 0.433. The van der Waals surface area contributed by atoms with Gasteiger partial charge in [0.05, 0.1) is 10.4 Å². The monoisotopic (exact) mass is 416 g/mol. The molecule has 3 heterocycles. The van der Waals surface area contributed by atoms with Crippen LogP contribution in [0.25, 0.3) is 21.0 Å². The van der Waals surface area contributed by atoms with Crippen LogP contribution in [0, 0.1) is 0 Å². The van der Waals surface area contributed by atoms with E-state index < -0.39 is 11.7 Å². The number of fused-ring (bicyclic) bond motifs is 5. The van der Waals surface area contributed by atoms with Gasteiger partial charge in [-0.25, -0.2) is 14.7 Å². The Hall–Kier alpha value is -2.18. The van der Waals surface area contributed by atoms with Crippen LogP contribution >= 0.6 is 22.9 Å². The Morgan fingerprint density at radius 3 is 2.75 bits per heavy atom. The minimum absolute atomic E-state index is 0.237. The molecule has 1 aliphatic rings. The topological polar surface area (TPSA) is 59.5 Å². The van der Waals surface area contributed by atoms with Crippen LogP contribution in [-0.4, -0.2) is 33.5 Å². The first-order valence-electron chi connectivity index (χ1n) is 9.23. The van der Waals surface area contributed by atoms with Crippen molar-refractivity contribution < 1.29 is 14.3 Å². The van der Waals surface area contributed by atoms with Crippen molar-refractivity contribution in [3.05, 3.63) is 39.9 Å². The zero-order valence-corrected chi connectivity index (χ0v) is 17.8. The van der Waals surface area contributed by atoms with Gasteiger partial charge in [-0.2, -0.15) is 0 Å². The Morgan fingerprint density at radius 2 is 2.04 bits per heavy atom. The Labute approximate surface area is 172 Å². The third-order valence-electron chi connectivity index (χ3n) is 4.84. The summed E-state index contributed by atoms with van der Waals surface area (Å²) >= 11 is 7.46. The first kappa shape index (κ1) is 19.2. The van der Waals surface area contributed by atoms with Gasteiger partial charge < -0.3 is 4.74 Å². The molecule has 0 N–H and O–H groups in total. The molecule has 0 saturated heterocycles. The van der Waals surface area contributed by atoms with E-state index in [4.69, 9.17) is 16.3 Å². The van der Waals surface area contributed by atoms with Crippen molar-refractivity contribution in [2.45, 2.75) is 52.2 Å². The van der Waals surface area contributed by atoms with Gasteiger partial charge >= 0.3 is 6.09 Å². The SMILES string of the molecule is C[C@H]1CCc2c(sc3ccc4nc(Cl)ccc4c23)C(=O)N1C(=O)OC(C)(C)C. The Balaban J connectivity index is 1.86. The second-order valence-corrected chi connectivity index (χ2v) is 9.53. The van der Waals surface area contributed by atoms with Crippen LogP contribution in [0.3, 0.4) is 0 Å². The maximum atomic E-state index is 13.3. The molecule has 7 heteroatoms. The molecule has 0 bridgehead atoms. The standard InChI is InChI=1S/C21H21ClN2O3S/c1-11-5-6-13-17-12-7-10-16(22)23-14(12)8-9-15(17)28-18(13)19(25)24(11)20(26)27-21(2,3)4/h7-11H,5-6H2,1-4H3/t11-/m0/s1. The fourth-order valence-corrected chi connectivity index (χ4v) is 4.98. The van der Waals surface area contributed by atoms with Gasteiger partial charge in [-0.3, -0.25) is 4.79 Å². The zero-order chi connectivity index (χ0) is 20.2. The molecular weight excluding hydrogens is 396 g/mol. The van der Waals surface area contributed by atoms with Gasteiger partial charge in [-0.05, 0) is 70.4 Å². The molecule has 0 aliphatic carbocycles. The van der Waals surface area contributed by atoms with Crippen molar-refractivity contribution in [2.24, 2.45) is 0 Å². The highest BCUT2D eigenvalue weighted by Crippen LogP contribution is 2.40. The summed E-state index contributed by atoms with van der Waals surface area (Å²) in [4.78, 5) is 32.3. The summed E-state index contributed by atoms with van der Waals surface area (Å²) in [5, 5.41) is 2.45. The molecule has 146 valence electrons. The molecule has 4 rings (SSSR count). The predicted octanol–water partition coefficient (Wildman–Crippen LogP) is 5.81. The molecule has 2 amide bonds. The number of halogens is 1. The number of thiophene rings is 1. The molecule has 28 heavy (non-hydrogen) atoms. The molecule has 1 atom stereocenters. The van der Waals surface area contributed by atoms with Gasteiger partial charge in [0.2, 0.25) is 0 Å². The minimum Gasteiger partial charge on any atom is -0.443 e. The Morgan fingerprint density at radius 1 is 1.29 bits per heavy atom. The van der Waals surface area contributed by atoms with Crippen LogP contribution in [0.4, 0.5) is 4.79 Å². The number of aromatic nitrogens is 1. The molecule has 3 aromatic rings. The van der Waals surface area contributed by atoms with E-state index in [1.54, 1.807) is 26.8 Å². The third-order valence-corrected chi connectivity index (χ3v) is 6.24. The van der Waals surface area contributed by atoms with Crippen LogP contribution in [-0.2, 0) is 11.2 Å². The van der Waals surface area contributed by atoms with Gasteiger partial charge in [0.1, 0.15) is 10.8 Å². The molecular formula is C21H21ClN2O3S. The summed E-state index contributed by atoms with van der Waals surface area (Å²) in [5.41, 5.74) is 1.13. The summed E-state index contributed by atoms with van der Waals surface area (Å²) in [6.45, 7) is 7.28. The number of imide groups is 1. The van der Waals surface area contributed by atoms with Crippen molar-refractivity contribution in [3.8, 4) is 0 Å². The van der Waals surface area contributed by atoms with Gasteiger partial charge in [-0.1, -0.05) is 11.6 Å². The lowest BCUT2D eigenvalue weighted by Gasteiger charge is -2.28. The van der Waals surface area contributed by atoms with Crippen LogP contribution in [0.15, 0.2) is 24.3 Å². The Kier molecular flexibility index (Phi) is 4.59. The first-order chi connectivity index (χ1) is 13.2. The number of hydrogen-bond donors (Lipinski definition) is 0. The molecule has 0 radical (unpaired) electrons. The van der Waals surface area contributed by atoms with E-state index in [1.165, 1.54) is 16.2 Å².